The molecule has 1 fully saturated rings. The van der Waals surface area contributed by atoms with Gasteiger partial charge in [0.2, 0.25) is 0 Å². The van der Waals surface area contributed by atoms with Gasteiger partial charge in [0.25, 0.3) is 0 Å². The van der Waals surface area contributed by atoms with Crippen molar-refractivity contribution in [3.05, 3.63) is 33.8 Å². The minimum Gasteiger partial charge on any atom is -0.394 e. The lowest BCUT2D eigenvalue weighted by atomic mass is 10.0. The van der Waals surface area contributed by atoms with Crippen molar-refractivity contribution in [1.82, 2.24) is 10.2 Å². The molecule has 1 aromatic carbocycles. The van der Waals surface area contributed by atoms with E-state index in [1.165, 1.54) is 0 Å². The van der Waals surface area contributed by atoms with Gasteiger partial charge in [0.05, 0.1) is 18.2 Å². The van der Waals surface area contributed by atoms with E-state index in [2.05, 4.69) is 21.2 Å². The molecule has 0 aliphatic carbocycles. The molecule has 0 aromatic heterocycles. The van der Waals surface area contributed by atoms with Crippen LogP contribution in [0.1, 0.15) is 17.2 Å². The van der Waals surface area contributed by atoms with Crippen LogP contribution in [0, 0.1) is 0 Å². The largest absolute Gasteiger partial charge is 0.416 e. The van der Waals surface area contributed by atoms with Crippen molar-refractivity contribution in [3.63, 3.8) is 0 Å². The van der Waals surface area contributed by atoms with E-state index in [1.807, 2.05) is 4.90 Å². The predicted octanol–water partition coefficient (Wildman–Crippen LogP) is 2.41. The third-order valence-corrected chi connectivity index (χ3v) is 3.86. The molecule has 1 aliphatic heterocycles. The average molecular weight is 353 g/mol. The summed E-state index contributed by atoms with van der Waals surface area (Å²) in [6.07, 6.45) is -4.39. The summed E-state index contributed by atoms with van der Waals surface area (Å²) in [6, 6.07) is 3.40. The number of halogens is 4. The van der Waals surface area contributed by atoms with E-state index in [-0.39, 0.29) is 6.61 Å². The molecule has 0 amide bonds. The fourth-order valence-electron chi connectivity index (χ4n) is 2.39. The van der Waals surface area contributed by atoms with Crippen LogP contribution in [0.15, 0.2) is 22.7 Å². The van der Waals surface area contributed by atoms with Gasteiger partial charge in [-0.2, -0.15) is 13.2 Å². The van der Waals surface area contributed by atoms with E-state index in [9.17, 15) is 18.3 Å². The molecular formula is C13H16BrF3N2O. The number of piperazine rings is 1. The van der Waals surface area contributed by atoms with Gasteiger partial charge in [0, 0.05) is 30.7 Å². The third-order valence-electron chi connectivity index (χ3n) is 3.40. The summed E-state index contributed by atoms with van der Waals surface area (Å²) in [5.41, 5.74) is -0.216. The standard InChI is InChI=1S/C13H16BrF3N2O/c14-11-6-9(5-10(7-11)13(15,16)17)12(8-20)19-3-1-18-2-4-19/h5-7,12,18,20H,1-4,8H2/t12-/m0/s1. The fourth-order valence-corrected chi connectivity index (χ4v) is 2.90. The molecule has 3 nitrogen and oxygen atoms in total. The Morgan fingerprint density at radius 3 is 2.45 bits per heavy atom. The summed E-state index contributed by atoms with van der Waals surface area (Å²) in [6.45, 7) is 2.76. The molecular weight excluding hydrogens is 337 g/mol. The number of hydrogen-bond donors (Lipinski definition) is 2. The Balaban J connectivity index is 2.31. The number of aliphatic hydroxyl groups is 1. The number of nitrogens with one attached hydrogen (secondary N) is 1. The first-order valence-corrected chi connectivity index (χ1v) is 7.14. The second-order valence-corrected chi connectivity index (χ2v) is 5.67. The second kappa shape index (κ2) is 6.43. The maximum Gasteiger partial charge on any atom is 0.416 e. The molecule has 2 rings (SSSR count). The topological polar surface area (TPSA) is 35.5 Å². The van der Waals surface area contributed by atoms with Crippen molar-refractivity contribution in [2.45, 2.75) is 12.2 Å². The normalized spacial score (nSPS) is 19.1. The van der Waals surface area contributed by atoms with Gasteiger partial charge in [-0.25, -0.2) is 0 Å². The molecule has 0 unspecified atom stereocenters. The molecule has 1 atom stereocenters. The Bertz CT molecular complexity index is 461. The van der Waals surface area contributed by atoms with Crippen molar-refractivity contribution in [3.8, 4) is 0 Å². The van der Waals surface area contributed by atoms with Crippen LogP contribution in [0.5, 0.6) is 0 Å². The van der Waals surface area contributed by atoms with E-state index in [1.54, 1.807) is 6.07 Å². The van der Waals surface area contributed by atoms with Gasteiger partial charge in [-0.05, 0) is 23.8 Å². The first-order chi connectivity index (χ1) is 9.41. The monoisotopic (exact) mass is 352 g/mol. The van der Waals surface area contributed by atoms with Gasteiger partial charge in [-0.1, -0.05) is 15.9 Å². The summed E-state index contributed by atoms with van der Waals surface area (Å²) in [7, 11) is 0. The van der Waals surface area contributed by atoms with Crippen LogP contribution in [0.4, 0.5) is 13.2 Å². The van der Waals surface area contributed by atoms with Gasteiger partial charge in [-0.3, -0.25) is 4.90 Å². The van der Waals surface area contributed by atoms with E-state index in [0.717, 1.165) is 25.2 Å². The summed E-state index contributed by atoms with van der Waals surface area (Å²) in [5.74, 6) is 0. The minimum absolute atomic E-state index is 0.201. The third kappa shape index (κ3) is 3.72. The lowest BCUT2D eigenvalue weighted by Crippen LogP contribution is -2.46. The van der Waals surface area contributed by atoms with E-state index in [4.69, 9.17) is 0 Å². The lowest BCUT2D eigenvalue weighted by Gasteiger charge is -2.34. The molecule has 0 radical (unpaired) electrons. The van der Waals surface area contributed by atoms with Crippen LogP contribution in [0.3, 0.4) is 0 Å². The Kier molecular flexibility index (Phi) is 5.06. The molecule has 0 bridgehead atoms. The fraction of sp³-hybridized carbons (Fsp3) is 0.538. The number of hydrogen-bond acceptors (Lipinski definition) is 3. The van der Waals surface area contributed by atoms with Gasteiger partial charge in [0.15, 0.2) is 0 Å². The molecule has 1 aromatic rings. The Morgan fingerprint density at radius 1 is 1.25 bits per heavy atom. The van der Waals surface area contributed by atoms with Crippen LogP contribution < -0.4 is 5.32 Å². The molecule has 20 heavy (non-hydrogen) atoms. The smallest absolute Gasteiger partial charge is 0.394 e. The summed E-state index contributed by atoms with van der Waals surface area (Å²) in [5, 5.41) is 12.7. The molecule has 0 spiro atoms. The number of aliphatic hydroxyl groups excluding tert-OH is 1. The number of nitrogens with zero attached hydrogens (tertiary/aromatic N) is 1. The second-order valence-electron chi connectivity index (χ2n) is 4.76. The highest BCUT2D eigenvalue weighted by molar-refractivity contribution is 9.10. The molecule has 1 heterocycles. The van der Waals surface area contributed by atoms with Crippen molar-refractivity contribution >= 4 is 15.9 Å². The van der Waals surface area contributed by atoms with Gasteiger partial charge in [-0.15, -0.1) is 0 Å². The first-order valence-electron chi connectivity index (χ1n) is 6.35. The van der Waals surface area contributed by atoms with E-state index < -0.39 is 17.8 Å². The summed E-state index contributed by atoms with van der Waals surface area (Å²) >= 11 is 3.11. The molecule has 2 N–H and O–H groups in total. The van der Waals surface area contributed by atoms with Crippen LogP contribution in [-0.2, 0) is 6.18 Å². The Labute approximate surface area is 123 Å². The van der Waals surface area contributed by atoms with Gasteiger partial charge in [0.1, 0.15) is 0 Å². The van der Waals surface area contributed by atoms with E-state index >= 15 is 0 Å². The molecule has 7 heteroatoms. The highest BCUT2D eigenvalue weighted by Crippen LogP contribution is 2.34. The predicted molar refractivity (Wildman–Crippen MR) is 73.4 cm³/mol. The molecule has 112 valence electrons. The SMILES string of the molecule is OC[C@@H](c1cc(Br)cc(C(F)(F)F)c1)N1CCNCC1. The molecule has 1 aliphatic rings. The van der Waals surface area contributed by atoms with Crippen molar-refractivity contribution < 1.29 is 18.3 Å². The number of alkyl halides is 3. The van der Waals surface area contributed by atoms with Crippen LogP contribution in [0.25, 0.3) is 0 Å². The maximum absolute atomic E-state index is 12.9. The van der Waals surface area contributed by atoms with E-state index in [0.29, 0.717) is 23.1 Å². The van der Waals surface area contributed by atoms with Crippen LogP contribution in [0.2, 0.25) is 0 Å². The highest BCUT2D eigenvalue weighted by Gasteiger charge is 2.32. The Hall–Kier alpha value is -0.630. The molecule has 1 saturated heterocycles. The lowest BCUT2D eigenvalue weighted by molar-refractivity contribution is -0.137. The summed E-state index contributed by atoms with van der Waals surface area (Å²) < 4.78 is 38.9. The van der Waals surface area contributed by atoms with Crippen molar-refractivity contribution in [2.24, 2.45) is 0 Å². The number of benzene rings is 1. The molecule has 0 saturated carbocycles. The van der Waals surface area contributed by atoms with Gasteiger partial charge >= 0.3 is 6.18 Å². The van der Waals surface area contributed by atoms with Crippen LogP contribution >= 0.6 is 15.9 Å². The van der Waals surface area contributed by atoms with Crippen molar-refractivity contribution in [1.29, 1.82) is 0 Å². The zero-order valence-corrected chi connectivity index (χ0v) is 12.3. The quantitative estimate of drug-likeness (QED) is 0.876. The van der Waals surface area contributed by atoms with Crippen molar-refractivity contribution in [2.75, 3.05) is 32.8 Å². The maximum atomic E-state index is 12.9. The minimum atomic E-state index is -4.39. The first kappa shape index (κ1) is 15.8. The van der Waals surface area contributed by atoms with Crippen LogP contribution in [-0.4, -0.2) is 42.8 Å². The zero-order valence-electron chi connectivity index (χ0n) is 10.8. The number of rotatable bonds is 3. The zero-order chi connectivity index (χ0) is 14.8. The highest BCUT2D eigenvalue weighted by atomic mass is 79.9. The average Bonchev–Trinajstić information content (AvgIpc) is 2.39. The van der Waals surface area contributed by atoms with Gasteiger partial charge < -0.3 is 10.4 Å². The summed E-state index contributed by atoms with van der Waals surface area (Å²) in [4.78, 5) is 2.00. The Morgan fingerprint density at radius 2 is 1.90 bits per heavy atom.